The van der Waals surface area contributed by atoms with Gasteiger partial charge in [0.15, 0.2) is 0 Å². The summed E-state index contributed by atoms with van der Waals surface area (Å²) in [5.41, 5.74) is 0. The van der Waals surface area contributed by atoms with Crippen LogP contribution in [0, 0.1) is 6.57 Å². The Kier molecular flexibility index (Phi) is 3.38. The van der Waals surface area contributed by atoms with Crippen LogP contribution in [0.2, 0.25) is 0 Å². The lowest BCUT2D eigenvalue weighted by Gasteiger charge is -2.17. The SMILES string of the molecule is [C-]#[N+]CCCC1CCCN1C. The van der Waals surface area contributed by atoms with Gasteiger partial charge < -0.3 is 9.74 Å². The summed E-state index contributed by atoms with van der Waals surface area (Å²) in [7, 11) is 2.19. The lowest BCUT2D eigenvalue weighted by molar-refractivity contribution is 0.294. The van der Waals surface area contributed by atoms with E-state index in [0.29, 0.717) is 6.54 Å². The van der Waals surface area contributed by atoms with Crippen molar-refractivity contribution in [1.29, 1.82) is 0 Å². The molecule has 0 saturated carbocycles. The third-order valence-corrected chi connectivity index (χ3v) is 2.48. The molecule has 0 aromatic rings. The first-order valence-electron chi connectivity index (χ1n) is 4.38. The van der Waals surface area contributed by atoms with Gasteiger partial charge in [-0.3, -0.25) is 0 Å². The molecule has 0 aromatic heterocycles. The van der Waals surface area contributed by atoms with Crippen LogP contribution in [-0.4, -0.2) is 31.1 Å². The zero-order valence-electron chi connectivity index (χ0n) is 7.21. The first kappa shape index (κ1) is 8.55. The minimum absolute atomic E-state index is 0.713. The second-order valence-corrected chi connectivity index (χ2v) is 3.30. The van der Waals surface area contributed by atoms with Gasteiger partial charge in [-0.25, -0.2) is 6.57 Å². The zero-order valence-corrected chi connectivity index (χ0v) is 7.21. The normalized spacial score (nSPS) is 25.3. The first-order valence-corrected chi connectivity index (χ1v) is 4.38. The monoisotopic (exact) mass is 152 g/mol. The van der Waals surface area contributed by atoms with Crippen LogP contribution < -0.4 is 0 Å². The molecule has 1 aliphatic heterocycles. The number of hydrogen-bond donors (Lipinski definition) is 0. The van der Waals surface area contributed by atoms with Gasteiger partial charge in [-0.2, -0.15) is 0 Å². The fourth-order valence-electron chi connectivity index (χ4n) is 1.75. The first-order chi connectivity index (χ1) is 5.34. The standard InChI is InChI=1S/C9H16N2/c1-10-7-3-5-9-6-4-8-11(9)2/h9H,3-8H2,2H3. The lowest BCUT2D eigenvalue weighted by atomic mass is 10.1. The van der Waals surface area contributed by atoms with E-state index in [0.717, 1.165) is 12.5 Å². The van der Waals surface area contributed by atoms with Crippen LogP contribution in [0.1, 0.15) is 25.7 Å². The van der Waals surface area contributed by atoms with Crippen LogP contribution in [0.25, 0.3) is 4.85 Å². The Morgan fingerprint density at radius 1 is 1.64 bits per heavy atom. The Hall–Kier alpha value is -0.550. The maximum absolute atomic E-state index is 6.64. The number of likely N-dealkylation sites (tertiary alicyclic amines) is 1. The van der Waals surface area contributed by atoms with Gasteiger partial charge in [0.25, 0.3) is 0 Å². The maximum Gasteiger partial charge on any atom is 0.214 e. The van der Waals surface area contributed by atoms with Gasteiger partial charge in [0.05, 0.1) is 0 Å². The largest absolute Gasteiger partial charge is 0.317 e. The predicted molar refractivity (Wildman–Crippen MR) is 46.4 cm³/mol. The molecule has 1 heterocycles. The highest BCUT2D eigenvalue weighted by Gasteiger charge is 2.19. The molecular formula is C9H16N2. The molecule has 0 radical (unpaired) electrons. The fraction of sp³-hybridized carbons (Fsp3) is 0.889. The zero-order chi connectivity index (χ0) is 8.10. The fourth-order valence-corrected chi connectivity index (χ4v) is 1.75. The van der Waals surface area contributed by atoms with Crippen molar-refractivity contribution >= 4 is 0 Å². The lowest BCUT2D eigenvalue weighted by Crippen LogP contribution is -2.24. The van der Waals surface area contributed by atoms with Crippen LogP contribution in [0.5, 0.6) is 0 Å². The van der Waals surface area contributed by atoms with E-state index in [1.807, 2.05) is 0 Å². The summed E-state index contributed by atoms with van der Waals surface area (Å²) in [5.74, 6) is 0. The highest BCUT2D eigenvalue weighted by atomic mass is 15.1. The van der Waals surface area contributed by atoms with Gasteiger partial charge in [-0.05, 0) is 32.9 Å². The molecule has 1 atom stereocenters. The van der Waals surface area contributed by atoms with Crippen molar-refractivity contribution < 1.29 is 0 Å². The van der Waals surface area contributed by atoms with Crippen molar-refractivity contribution in [2.75, 3.05) is 20.1 Å². The summed E-state index contributed by atoms with van der Waals surface area (Å²) in [5, 5.41) is 0. The van der Waals surface area contributed by atoms with Gasteiger partial charge in [0.1, 0.15) is 0 Å². The van der Waals surface area contributed by atoms with E-state index < -0.39 is 0 Å². The summed E-state index contributed by atoms with van der Waals surface area (Å²) in [6.45, 7) is 8.60. The van der Waals surface area contributed by atoms with Gasteiger partial charge in [-0.15, -0.1) is 0 Å². The van der Waals surface area contributed by atoms with E-state index in [1.165, 1.54) is 25.8 Å². The smallest absolute Gasteiger partial charge is 0.214 e. The van der Waals surface area contributed by atoms with Crippen LogP contribution in [0.4, 0.5) is 0 Å². The van der Waals surface area contributed by atoms with Gasteiger partial charge in [0, 0.05) is 12.5 Å². The van der Waals surface area contributed by atoms with E-state index in [2.05, 4.69) is 16.8 Å². The molecule has 0 amide bonds. The molecular weight excluding hydrogens is 136 g/mol. The predicted octanol–water partition coefficient (Wildman–Crippen LogP) is 1.78. The van der Waals surface area contributed by atoms with Crippen molar-refractivity contribution in [2.24, 2.45) is 0 Å². The summed E-state index contributed by atoms with van der Waals surface area (Å²) in [4.78, 5) is 5.77. The molecule has 11 heavy (non-hydrogen) atoms. The van der Waals surface area contributed by atoms with E-state index in [1.54, 1.807) is 0 Å². The average Bonchev–Trinajstić information content (AvgIpc) is 2.37. The third kappa shape index (κ3) is 2.51. The van der Waals surface area contributed by atoms with Crippen LogP contribution in [0.3, 0.4) is 0 Å². The molecule has 2 nitrogen and oxygen atoms in total. The summed E-state index contributed by atoms with van der Waals surface area (Å²) in [6.07, 6.45) is 4.99. The van der Waals surface area contributed by atoms with E-state index in [-0.39, 0.29) is 0 Å². The molecule has 0 aromatic carbocycles. The van der Waals surface area contributed by atoms with Gasteiger partial charge >= 0.3 is 0 Å². The molecule has 62 valence electrons. The summed E-state index contributed by atoms with van der Waals surface area (Å²) < 4.78 is 0. The molecule has 2 heteroatoms. The molecule has 1 saturated heterocycles. The van der Waals surface area contributed by atoms with Crippen LogP contribution >= 0.6 is 0 Å². The topological polar surface area (TPSA) is 7.60 Å². The molecule has 0 bridgehead atoms. The van der Waals surface area contributed by atoms with Crippen molar-refractivity contribution in [1.82, 2.24) is 4.90 Å². The summed E-state index contributed by atoms with van der Waals surface area (Å²) in [6, 6.07) is 0.775. The van der Waals surface area contributed by atoms with E-state index in [9.17, 15) is 0 Å². The summed E-state index contributed by atoms with van der Waals surface area (Å²) >= 11 is 0. The number of nitrogens with zero attached hydrogens (tertiary/aromatic N) is 2. The average molecular weight is 152 g/mol. The number of rotatable bonds is 3. The van der Waals surface area contributed by atoms with Crippen molar-refractivity contribution in [3.63, 3.8) is 0 Å². The van der Waals surface area contributed by atoms with Gasteiger partial charge in [-0.1, -0.05) is 0 Å². The molecule has 0 aliphatic carbocycles. The highest BCUT2D eigenvalue weighted by molar-refractivity contribution is 4.77. The Balaban J connectivity index is 2.11. The Morgan fingerprint density at radius 3 is 3.00 bits per heavy atom. The molecule has 1 unspecified atom stereocenters. The second kappa shape index (κ2) is 4.35. The Labute approximate surface area is 69.0 Å². The van der Waals surface area contributed by atoms with Crippen molar-refractivity contribution in [2.45, 2.75) is 31.7 Å². The van der Waals surface area contributed by atoms with Crippen LogP contribution in [-0.2, 0) is 0 Å². The minimum Gasteiger partial charge on any atom is -0.317 e. The molecule has 0 N–H and O–H groups in total. The second-order valence-electron chi connectivity index (χ2n) is 3.30. The highest BCUT2D eigenvalue weighted by Crippen LogP contribution is 2.18. The third-order valence-electron chi connectivity index (χ3n) is 2.48. The molecule has 0 spiro atoms. The van der Waals surface area contributed by atoms with Crippen LogP contribution in [0.15, 0.2) is 0 Å². The quantitative estimate of drug-likeness (QED) is 0.442. The van der Waals surface area contributed by atoms with Gasteiger partial charge in [0.2, 0.25) is 6.54 Å². The molecule has 1 fully saturated rings. The van der Waals surface area contributed by atoms with Crippen molar-refractivity contribution in [3.05, 3.63) is 11.4 Å². The number of hydrogen-bond acceptors (Lipinski definition) is 1. The van der Waals surface area contributed by atoms with E-state index in [4.69, 9.17) is 6.57 Å². The minimum atomic E-state index is 0.713. The van der Waals surface area contributed by atoms with Crippen molar-refractivity contribution in [3.8, 4) is 0 Å². The van der Waals surface area contributed by atoms with E-state index >= 15 is 0 Å². The molecule has 1 rings (SSSR count). The Bertz CT molecular complexity index is 148. The Morgan fingerprint density at radius 2 is 2.45 bits per heavy atom. The molecule has 1 aliphatic rings. The maximum atomic E-state index is 6.64.